The molecule has 2 amide bonds. The summed E-state index contributed by atoms with van der Waals surface area (Å²) in [5.74, 6) is 1.07. The lowest BCUT2D eigenvalue weighted by atomic mass is 10.1. The first-order chi connectivity index (χ1) is 16.2. The van der Waals surface area contributed by atoms with Crippen LogP contribution in [0.1, 0.15) is 23.9 Å². The Balaban J connectivity index is 1.32. The van der Waals surface area contributed by atoms with Crippen LogP contribution in [0.15, 0.2) is 78.9 Å². The number of nitrogens with one attached hydrogen (secondary N) is 2. The maximum atomic E-state index is 13.0. The van der Waals surface area contributed by atoms with Crippen molar-refractivity contribution in [1.82, 2.24) is 15.3 Å². The summed E-state index contributed by atoms with van der Waals surface area (Å²) in [6.45, 7) is 0.261. The van der Waals surface area contributed by atoms with E-state index in [0.29, 0.717) is 23.7 Å². The van der Waals surface area contributed by atoms with Crippen molar-refractivity contribution in [3.8, 4) is 5.75 Å². The van der Waals surface area contributed by atoms with E-state index >= 15 is 0 Å². The number of hydrogen-bond acceptors (Lipinski definition) is 4. The number of ether oxygens (including phenoxy) is 1. The summed E-state index contributed by atoms with van der Waals surface area (Å²) in [6, 6.07) is 24.8. The summed E-state index contributed by atoms with van der Waals surface area (Å²) in [4.78, 5) is 35.0. The number of anilines is 1. The van der Waals surface area contributed by atoms with Crippen molar-refractivity contribution >= 4 is 28.5 Å². The number of benzene rings is 3. The average molecular weight is 441 g/mol. The van der Waals surface area contributed by atoms with Crippen LogP contribution in [-0.4, -0.2) is 34.9 Å². The van der Waals surface area contributed by atoms with Crippen molar-refractivity contribution in [1.29, 1.82) is 0 Å². The Labute approximate surface area is 191 Å². The average Bonchev–Trinajstić information content (AvgIpc) is 3.28. The van der Waals surface area contributed by atoms with E-state index in [2.05, 4.69) is 10.3 Å². The van der Waals surface area contributed by atoms with Gasteiger partial charge >= 0.3 is 0 Å². The first kappa shape index (κ1) is 20.8. The zero-order valence-corrected chi connectivity index (χ0v) is 18.0. The first-order valence-electron chi connectivity index (χ1n) is 11.0. The van der Waals surface area contributed by atoms with Gasteiger partial charge in [-0.3, -0.25) is 9.59 Å². The van der Waals surface area contributed by atoms with E-state index in [1.165, 1.54) is 0 Å². The third-order valence-corrected chi connectivity index (χ3v) is 5.73. The number of amides is 2. The molecule has 1 atom stereocenters. The molecule has 33 heavy (non-hydrogen) atoms. The molecule has 0 spiro atoms. The fraction of sp³-hybridized carbons (Fsp3) is 0.192. The van der Waals surface area contributed by atoms with E-state index < -0.39 is 0 Å². The van der Waals surface area contributed by atoms with Gasteiger partial charge in [-0.1, -0.05) is 54.6 Å². The lowest BCUT2D eigenvalue weighted by Crippen LogP contribution is -2.41. The van der Waals surface area contributed by atoms with Crippen LogP contribution in [0.3, 0.4) is 0 Å². The van der Waals surface area contributed by atoms with Crippen molar-refractivity contribution in [2.45, 2.75) is 18.9 Å². The molecule has 166 valence electrons. The lowest BCUT2D eigenvalue weighted by molar-refractivity contribution is -0.122. The number of imidazole rings is 1. The molecule has 7 heteroatoms. The second kappa shape index (κ2) is 9.16. The topological polar surface area (TPSA) is 87.3 Å². The molecule has 2 heterocycles. The highest BCUT2D eigenvalue weighted by molar-refractivity contribution is 5.98. The molecule has 1 aliphatic heterocycles. The van der Waals surface area contributed by atoms with Gasteiger partial charge in [0, 0.05) is 13.0 Å². The Morgan fingerprint density at radius 2 is 1.79 bits per heavy atom. The van der Waals surface area contributed by atoms with Gasteiger partial charge in [0.25, 0.3) is 5.91 Å². The molecule has 0 saturated heterocycles. The highest BCUT2D eigenvalue weighted by Gasteiger charge is 2.26. The Morgan fingerprint density at radius 3 is 2.64 bits per heavy atom. The van der Waals surface area contributed by atoms with Crippen molar-refractivity contribution in [2.75, 3.05) is 18.1 Å². The van der Waals surface area contributed by atoms with Crippen molar-refractivity contribution in [3.63, 3.8) is 0 Å². The molecule has 2 N–H and O–H groups in total. The maximum absolute atomic E-state index is 13.0. The van der Waals surface area contributed by atoms with Crippen LogP contribution in [0.5, 0.6) is 5.75 Å². The summed E-state index contributed by atoms with van der Waals surface area (Å²) in [6.07, 6.45) is 0.775. The molecular formula is C26H24N4O3. The van der Waals surface area contributed by atoms with Gasteiger partial charge in [0.1, 0.15) is 11.6 Å². The highest BCUT2D eigenvalue weighted by Crippen LogP contribution is 2.31. The number of aromatic nitrogens is 2. The van der Waals surface area contributed by atoms with E-state index in [4.69, 9.17) is 9.72 Å². The summed E-state index contributed by atoms with van der Waals surface area (Å²) >= 11 is 0. The SMILES string of the molecule is O=C(CCN1C(=O)COc2ccccc21)N[C@@H](Cc1ccccc1)c1nc2ccccc2[nH]1. The van der Waals surface area contributed by atoms with E-state index in [1.54, 1.807) is 4.90 Å². The molecule has 5 rings (SSSR count). The molecule has 0 aliphatic carbocycles. The number of rotatable bonds is 7. The van der Waals surface area contributed by atoms with Crippen LogP contribution in [0.4, 0.5) is 5.69 Å². The van der Waals surface area contributed by atoms with E-state index in [-0.39, 0.29) is 37.4 Å². The van der Waals surface area contributed by atoms with Gasteiger partial charge in [-0.05, 0) is 36.2 Å². The minimum Gasteiger partial charge on any atom is -0.482 e. The van der Waals surface area contributed by atoms with Gasteiger partial charge in [0.05, 0.1) is 22.8 Å². The lowest BCUT2D eigenvalue weighted by Gasteiger charge is -2.29. The van der Waals surface area contributed by atoms with Gasteiger partial charge in [-0.2, -0.15) is 0 Å². The Kier molecular flexibility index (Phi) is 5.76. The molecule has 4 aromatic rings. The number of H-pyrrole nitrogens is 1. The standard InChI is InChI=1S/C26H24N4O3/c31-24(14-15-30-22-12-6-7-13-23(22)33-17-25(30)32)27-21(16-18-8-2-1-3-9-18)26-28-19-10-4-5-11-20(19)29-26/h1-13,21H,14-17H2,(H,27,31)(H,28,29)/t21-/m0/s1. The molecular weight excluding hydrogens is 416 g/mol. The number of para-hydroxylation sites is 4. The summed E-state index contributed by atoms with van der Waals surface area (Å²) < 4.78 is 5.49. The van der Waals surface area contributed by atoms with Crippen molar-refractivity contribution < 1.29 is 14.3 Å². The van der Waals surface area contributed by atoms with E-state index in [1.807, 2.05) is 78.9 Å². The van der Waals surface area contributed by atoms with Crippen LogP contribution in [0, 0.1) is 0 Å². The van der Waals surface area contributed by atoms with E-state index in [0.717, 1.165) is 16.6 Å². The maximum Gasteiger partial charge on any atom is 0.265 e. The Bertz CT molecular complexity index is 1250. The third kappa shape index (κ3) is 4.57. The van der Waals surface area contributed by atoms with Gasteiger partial charge < -0.3 is 19.9 Å². The quantitative estimate of drug-likeness (QED) is 0.458. The fourth-order valence-corrected chi connectivity index (χ4v) is 4.08. The van der Waals surface area contributed by atoms with Crippen LogP contribution < -0.4 is 15.0 Å². The van der Waals surface area contributed by atoms with Gasteiger partial charge in [0.15, 0.2) is 6.61 Å². The predicted octanol–water partition coefficient (Wildman–Crippen LogP) is 3.78. The summed E-state index contributed by atoms with van der Waals surface area (Å²) in [7, 11) is 0. The first-order valence-corrected chi connectivity index (χ1v) is 11.0. The zero-order valence-electron chi connectivity index (χ0n) is 18.0. The minimum absolute atomic E-state index is 0.0196. The normalized spacial score (nSPS) is 13.9. The molecule has 0 bridgehead atoms. The highest BCUT2D eigenvalue weighted by atomic mass is 16.5. The smallest absolute Gasteiger partial charge is 0.265 e. The molecule has 1 aliphatic rings. The minimum atomic E-state index is -0.319. The van der Waals surface area contributed by atoms with Crippen molar-refractivity contribution in [2.24, 2.45) is 0 Å². The molecule has 0 unspecified atom stereocenters. The second-order valence-electron chi connectivity index (χ2n) is 8.00. The molecule has 3 aromatic carbocycles. The number of nitrogens with zero attached hydrogens (tertiary/aromatic N) is 2. The number of aromatic amines is 1. The molecule has 7 nitrogen and oxygen atoms in total. The number of hydrogen-bond donors (Lipinski definition) is 2. The van der Waals surface area contributed by atoms with Crippen molar-refractivity contribution in [3.05, 3.63) is 90.3 Å². The molecule has 0 fully saturated rings. The van der Waals surface area contributed by atoms with E-state index in [9.17, 15) is 9.59 Å². The summed E-state index contributed by atoms with van der Waals surface area (Å²) in [5, 5.41) is 3.12. The van der Waals surface area contributed by atoms with Gasteiger partial charge in [0.2, 0.25) is 5.91 Å². The predicted molar refractivity (Wildman–Crippen MR) is 126 cm³/mol. The van der Waals surface area contributed by atoms with Gasteiger partial charge in [-0.15, -0.1) is 0 Å². The Morgan fingerprint density at radius 1 is 1.03 bits per heavy atom. The Hall–Kier alpha value is -4.13. The number of fused-ring (bicyclic) bond motifs is 2. The monoisotopic (exact) mass is 440 g/mol. The number of carbonyl (C=O) groups excluding carboxylic acids is 2. The molecule has 0 saturated carbocycles. The fourth-order valence-electron chi connectivity index (χ4n) is 4.08. The number of carbonyl (C=O) groups is 2. The van der Waals surface area contributed by atoms with Crippen LogP contribution in [-0.2, 0) is 16.0 Å². The largest absolute Gasteiger partial charge is 0.482 e. The molecule has 0 radical (unpaired) electrons. The third-order valence-electron chi connectivity index (χ3n) is 5.73. The molecule has 1 aromatic heterocycles. The second-order valence-corrected chi connectivity index (χ2v) is 8.00. The van der Waals surface area contributed by atoms with Gasteiger partial charge in [-0.25, -0.2) is 4.98 Å². The van der Waals surface area contributed by atoms with Crippen LogP contribution >= 0.6 is 0 Å². The van der Waals surface area contributed by atoms with Crippen LogP contribution in [0.2, 0.25) is 0 Å². The van der Waals surface area contributed by atoms with Crippen LogP contribution in [0.25, 0.3) is 11.0 Å². The summed E-state index contributed by atoms with van der Waals surface area (Å²) in [5.41, 5.74) is 3.57. The zero-order chi connectivity index (χ0) is 22.6.